The fraction of sp³-hybridized carbons (Fsp3) is 0.550. The van der Waals surface area contributed by atoms with Crippen LogP contribution in [0.4, 0.5) is 0 Å². The molecule has 0 aliphatic carbocycles. The van der Waals surface area contributed by atoms with Crippen molar-refractivity contribution >= 4 is 5.78 Å². The molecule has 0 N–H and O–H groups in total. The maximum Gasteiger partial charge on any atom is 0.126 e. The van der Waals surface area contributed by atoms with E-state index >= 15 is 0 Å². The topological polar surface area (TPSA) is 17.1 Å². The monoisotopic (exact) mass is 296 g/mol. The van der Waals surface area contributed by atoms with E-state index in [1.54, 1.807) is 0 Å². The molecule has 0 unspecified atom stereocenters. The van der Waals surface area contributed by atoms with Gasteiger partial charge in [-0.1, -0.05) is 96.5 Å². The van der Waals surface area contributed by atoms with Gasteiger partial charge in [0.25, 0.3) is 0 Å². The van der Waals surface area contributed by atoms with Crippen LogP contribution in [0.15, 0.2) is 48.6 Å². The molecular formula is C20H40O. The van der Waals surface area contributed by atoms with Crippen LogP contribution in [0.1, 0.15) is 75.7 Å². The predicted octanol–water partition coefficient (Wildman–Crippen LogP) is 7.33. The molecule has 0 amide bonds. The number of carbonyl (C=O) groups is 1. The Labute approximate surface area is 135 Å². The highest BCUT2D eigenvalue weighted by molar-refractivity contribution is 5.72. The molecule has 0 bridgehead atoms. The van der Waals surface area contributed by atoms with Crippen molar-refractivity contribution in [2.24, 2.45) is 0 Å². The minimum absolute atomic E-state index is 0.167. The first kappa shape index (κ1) is 31.8. The molecule has 0 heterocycles. The van der Waals surface area contributed by atoms with E-state index in [0.29, 0.717) is 0 Å². The Kier molecular flexibility index (Phi) is 77.7. The lowest BCUT2D eigenvalue weighted by atomic mass is 10.4. The fourth-order valence-corrected chi connectivity index (χ4v) is 0.385. The summed E-state index contributed by atoms with van der Waals surface area (Å²) in [6.45, 7) is 19.3. The molecule has 1 heteroatoms. The summed E-state index contributed by atoms with van der Waals surface area (Å²) in [4.78, 5) is 9.44. The van der Waals surface area contributed by atoms with Crippen molar-refractivity contribution in [2.75, 3.05) is 0 Å². The minimum atomic E-state index is 0.167. The summed E-state index contributed by atoms with van der Waals surface area (Å²) in [5.74, 6) is 0.167. The van der Waals surface area contributed by atoms with Crippen LogP contribution in [-0.2, 0) is 4.79 Å². The molecule has 0 saturated carbocycles. The largest absolute Gasteiger partial charge is 0.300 e. The van der Waals surface area contributed by atoms with Gasteiger partial charge >= 0.3 is 0 Å². The second-order valence-electron chi connectivity index (χ2n) is 3.44. The molecule has 21 heavy (non-hydrogen) atoms. The van der Waals surface area contributed by atoms with Crippen LogP contribution in [0.3, 0.4) is 0 Å². The standard InChI is InChI=1S/C6H6.C4H8.C3H6O.C3H8.2C2H6/c1-2-4-6-5-3-1;1-3-4-2;1-3(2)4;1-3-2;2*1-2/h1-6H;3-4H,1-2H3;1-2H3;3H2,1-2H3;2*1-2H3/b;4-3-;;;;. The van der Waals surface area contributed by atoms with Gasteiger partial charge in [0.1, 0.15) is 5.78 Å². The summed E-state index contributed by atoms with van der Waals surface area (Å²) in [6, 6.07) is 12.0. The molecular weight excluding hydrogens is 256 g/mol. The third kappa shape index (κ3) is 163. The van der Waals surface area contributed by atoms with Crippen LogP contribution in [-0.4, -0.2) is 5.78 Å². The zero-order valence-electron chi connectivity index (χ0n) is 16.2. The number of allylic oxidation sites excluding steroid dienone is 2. The maximum atomic E-state index is 9.44. The Bertz CT molecular complexity index is 203. The number of hydrogen-bond donors (Lipinski definition) is 0. The number of rotatable bonds is 0. The van der Waals surface area contributed by atoms with Gasteiger partial charge in [-0.05, 0) is 27.7 Å². The van der Waals surface area contributed by atoms with Crippen LogP contribution >= 0.6 is 0 Å². The predicted molar refractivity (Wildman–Crippen MR) is 102 cm³/mol. The number of hydrogen-bond acceptors (Lipinski definition) is 1. The summed E-state index contributed by atoms with van der Waals surface area (Å²) in [6.07, 6.45) is 5.25. The van der Waals surface area contributed by atoms with Gasteiger partial charge in [-0.3, -0.25) is 0 Å². The summed E-state index contributed by atoms with van der Waals surface area (Å²) in [5, 5.41) is 0. The molecule has 0 aromatic heterocycles. The zero-order valence-corrected chi connectivity index (χ0v) is 16.2. The minimum Gasteiger partial charge on any atom is -0.300 e. The first-order chi connectivity index (χ1) is 10.1. The summed E-state index contributed by atoms with van der Waals surface area (Å²) in [5.41, 5.74) is 0. The van der Waals surface area contributed by atoms with Gasteiger partial charge in [-0.15, -0.1) is 0 Å². The number of ketones is 1. The van der Waals surface area contributed by atoms with Gasteiger partial charge in [-0.2, -0.15) is 0 Å². The van der Waals surface area contributed by atoms with Crippen LogP contribution in [0, 0.1) is 0 Å². The molecule has 1 aromatic rings. The summed E-state index contributed by atoms with van der Waals surface area (Å²) >= 11 is 0. The van der Waals surface area contributed by atoms with Crippen LogP contribution in [0.5, 0.6) is 0 Å². The molecule has 1 rings (SSSR count). The first-order valence-electron chi connectivity index (χ1n) is 8.11. The van der Waals surface area contributed by atoms with Crippen molar-refractivity contribution < 1.29 is 4.79 Å². The molecule has 126 valence electrons. The van der Waals surface area contributed by atoms with Crippen molar-refractivity contribution in [3.05, 3.63) is 48.6 Å². The zero-order chi connectivity index (χ0) is 17.9. The summed E-state index contributed by atoms with van der Waals surface area (Å²) in [7, 11) is 0. The van der Waals surface area contributed by atoms with Crippen LogP contribution in [0.25, 0.3) is 0 Å². The van der Waals surface area contributed by atoms with Crippen LogP contribution < -0.4 is 0 Å². The second-order valence-corrected chi connectivity index (χ2v) is 3.44. The normalized spacial score (nSPS) is 6.76. The molecule has 0 aliphatic heterocycles. The van der Waals surface area contributed by atoms with Crippen molar-refractivity contribution in [2.45, 2.75) is 75.7 Å². The maximum absolute atomic E-state index is 9.44. The van der Waals surface area contributed by atoms with E-state index in [1.807, 2.05) is 90.1 Å². The van der Waals surface area contributed by atoms with Gasteiger partial charge in [0, 0.05) is 0 Å². The average Bonchev–Trinajstić information content (AvgIpc) is 2.53. The Morgan fingerprint density at radius 1 is 0.714 bits per heavy atom. The number of carbonyl (C=O) groups excluding carboxylic acids is 1. The van der Waals surface area contributed by atoms with Crippen molar-refractivity contribution in [1.29, 1.82) is 0 Å². The van der Waals surface area contributed by atoms with Gasteiger partial charge in [0.15, 0.2) is 0 Å². The van der Waals surface area contributed by atoms with E-state index in [2.05, 4.69) is 13.8 Å². The molecule has 0 fully saturated rings. The van der Waals surface area contributed by atoms with E-state index in [1.165, 1.54) is 20.3 Å². The summed E-state index contributed by atoms with van der Waals surface area (Å²) < 4.78 is 0. The van der Waals surface area contributed by atoms with E-state index in [4.69, 9.17) is 0 Å². The van der Waals surface area contributed by atoms with Crippen LogP contribution in [0.2, 0.25) is 0 Å². The Hall–Kier alpha value is -1.37. The number of Topliss-reactive ketones (excluding diaryl/α,β-unsaturated/α-hetero) is 1. The van der Waals surface area contributed by atoms with Gasteiger partial charge in [-0.25, -0.2) is 0 Å². The van der Waals surface area contributed by atoms with E-state index in [0.717, 1.165) is 0 Å². The molecule has 0 atom stereocenters. The number of benzene rings is 1. The highest BCUT2D eigenvalue weighted by Gasteiger charge is 1.62. The highest BCUT2D eigenvalue weighted by Crippen LogP contribution is 1.79. The Balaban J connectivity index is -0.0000000517. The Morgan fingerprint density at radius 3 is 0.857 bits per heavy atom. The lowest BCUT2D eigenvalue weighted by Crippen LogP contribution is -1.69. The van der Waals surface area contributed by atoms with Gasteiger partial charge in [0.2, 0.25) is 0 Å². The van der Waals surface area contributed by atoms with E-state index in [9.17, 15) is 4.79 Å². The van der Waals surface area contributed by atoms with E-state index < -0.39 is 0 Å². The van der Waals surface area contributed by atoms with Crippen molar-refractivity contribution in [3.8, 4) is 0 Å². The van der Waals surface area contributed by atoms with Gasteiger partial charge < -0.3 is 4.79 Å². The molecule has 0 spiro atoms. The smallest absolute Gasteiger partial charge is 0.126 e. The van der Waals surface area contributed by atoms with Crippen molar-refractivity contribution in [3.63, 3.8) is 0 Å². The first-order valence-corrected chi connectivity index (χ1v) is 8.11. The average molecular weight is 297 g/mol. The SMILES string of the molecule is C/C=C\C.CC.CC.CC(C)=O.CCC.c1ccccc1. The quantitative estimate of drug-likeness (QED) is 0.458. The van der Waals surface area contributed by atoms with Crippen molar-refractivity contribution in [1.82, 2.24) is 0 Å². The van der Waals surface area contributed by atoms with Gasteiger partial charge in [0.05, 0.1) is 0 Å². The Morgan fingerprint density at radius 2 is 0.810 bits per heavy atom. The second kappa shape index (κ2) is 51.2. The third-order valence-corrected chi connectivity index (χ3v) is 1.00. The fourth-order valence-electron chi connectivity index (χ4n) is 0.385. The lowest BCUT2D eigenvalue weighted by Gasteiger charge is -1.69. The molecule has 0 saturated heterocycles. The molecule has 0 radical (unpaired) electrons. The highest BCUT2D eigenvalue weighted by atomic mass is 16.1. The third-order valence-electron chi connectivity index (χ3n) is 1.00. The molecule has 0 aliphatic rings. The van der Waals surface area contributed by atoms with E-state index in [-0.39, 0.29) is 5.78 Å². The molecule has 1 aromatic carbocycles. The molecule has 1 nitrogen and oxygen atoms in total. The lowest BCUT2D eigenvalue weighted by molar-refractivity contribution is -0.114.